The summed E-state index contributed by atoms with van der Waals surface area (Å²) >= 11 is 0. The highest BCUT2D eigenvalue weighted by atomic mass is 32.2. The third kappa shape index (κ3) is 4.12. The molecule has 0 saturated carbocycles. The van der Waals surface area contributed by atoms with Gasteiger partial charge in [0.05, 0.1) is 0 Å². The molecule has 0 bridgehead atoms. The van der Waals surface area contributed by atoms with Gasteiger partial charge in [0.25, 0.3) is 0 Å². The first kappa shape index (κ1) is 21.7. The number of nitrogens with zero attached hydrogens (tertiary/aromatic N) is 4. The van der Waals surface area contributed by atoms with Crippen molar-refractivity contribution in [3.05, 3.63) is 120 Å². The summed E-state index contributed by atoms with van der Waals surface area (Å²) in [6.07, 6.45) is 9.47. The van der Waals surface area contributed by atoms with Gasteiger partial charge >= 0.3 is 0 Å². The lowest BCUT2D eigenvalue weighted by Gasteiger charge is -2.34. The van der Waals surface area contributed by atoms with E-state index in [0.29, 0.717) is 0 Å². The Labute approximate surface area is 185 Å². The maximum absolute atomic E-state index is 13.7. The number of halogens is 1. The van der Waals surface area contributed by atoms with Gasteiger partial charge in [-0.3, -0.25) is 9.97 Å². The molecule has 1 atom stereocenters. The highest BCUT2D eigenvalue weighted by Gasteiger charge is 2.50. The highest BCUT2D eigenvalue weighted by molar-refractivity contribution is 7.90. The predicted octanol–water partition coefficient (Wildman–Crippen LogP) is 3.16. The Morgan fingerprint density at radius 1 is 0.844 bits per heavy atom. The molecule has 0 aliphatic carbocycles. The van der Waals surface area contributed by atoms with Crippen LogP contribution in [0.5, 0.6) is 0 Å². The molecule has 32 heavy (non-hydrogen) atoms. The van der Waals surface area contributed by atoms with Gasteiger partial charge in [0.15, 0.2) is 10.6 Å². The number of hydrogen-bond acceptors (Lipinski definition) is 6. The second-order valence-corrected chi connectivity index (χ2v) is 9.07. The summed E-state index contributed by atoms with van der Waals surface area (Å²) in [6, 6.07) is 14.0. The molecule has 1 unspecified atom stereocenters. The fourth-order valence-corrected chi connectivity index (χ4v) is 5.08. The minimum Gasteiger partial charge on any atom is -0.264 e. The van der Waals surface area contributed by atoms with Crippen LogP contribution >= 0.6 is 0 Å². The van der Waals surface area contributed by atoms with Crippen LogP contribution < -0.4 is 5.14 Å². The fourth-order valence-electron chi connectivity index (χ4n) is 3.85. The number of aromatic nitrogens is 4. The first-order chi connectivity index (χ1) is 15.4. The Morgan fingerprint density at radius 2 is 1.41 bits per heavy atom. The Bertz CT molecular complexity index is 1240. The maximum Gasteiger partial charge on any atom is 0.226 e. The quantitative estimate of drug-likeness (QED) is 0.464. The van der Waals surface area contributed by atoms with E-state index in [9.17, 15) is 12.8 Å². The number of pyridine rings is 2. The van der Waals surface area contributed by atoms with Crippen LogP contribution in [0.15, 0.2) is 91.8 Å². The van der Waals surface area contributed by atoms with Gasteiger partial charge in [0.1, 0.15) is 5.82 Å². The van der Waals surface area contributed by atoms with Crippen LogP contribution in [-0.2, 0) is 14.8 Å². The molecule has 0 radical (unpaired) electrons. The van der Waals surface area contributed by atoms with Crippen molar-refractivity contribution in [1.29, 1.82) is 0 Å². The predicted molar refractivity (Wildman–Crippen MR) is 117 cm³/mol. The van der Waals surface area contributed by atoms with Crippen LogP contribution in [0.1, 0.15) is 34.9 Å². The monoisotopic (exact) mass is 449 g/mol. The van der Waals surface area contributed by atoms with Crippen molar-refractivity contribution in [3.63, 3.8) is 0 Å². The van der Waals surface area contributed by atoms with E-state index in [-0.39, 0.29) is 17.8 Å². The third-order valence-electron chi connectivity index (χ3n) is 5.39. The van der Waals surface area contributed by atoms with Crippen molar-refractivity contribution in [1.82, 2.24) is 19.9 Å². The zero-order valence-corrected chi connectivity index (χ0v) is 17.7. The largest absolute Gasteiger partial charge is 0.264 e. The normalized spacial score (nSPS) is 13.6. The fraction of sp³-hybridized carbons (Fsp3) is 0.130. The van der Waals surface area contributed by atoms with Gasteiger partial charge in [0.2, 0.25) is 10.0 Å². The summed E-state index contributed by atoms with van der Waals surface area (Å²) in [5, 5.41) is 5.89. The Balaban J connectivity index is 1.99. The molecule has 0 fully saturated rings. The summed E-state index contributed by atoms with van der Waals surface area (Å²) in [5.74, 6) is -0.960. The maximum atomic E-state index is 13.7. The molecule has 2 N–H and O–H groups in total. The smallest absolute Gasteiger partial charge is 0.226 e. The molecule has 0 saturated heterocycles. The molecule has 0 amide bonds. The van der Waals surface area contributed by atoms with Crippen molar-refractivity contribution in [2.45, 2.75) is 17.1 Å². The van der Waals surface area contributed by atoms with Gasteiger partial charge in [-0.1, -0.05) is 24.3 Å². The third-order valence-corrected chi connectivity index (χ3v) is 6.94. The van der Waals surface area contributed by atoms with Crippen LogP contribution in [0.3, 0.4) is 0 Å². The van der Waals surface area contributed by atoms with Crippen molar-refractivity contribution in [2.75, 3.05) is 0 Å². The van der Waals surface area contributed by atoms with Crippen molar-refractivity contribution in [3.8, 4) is 0 Å². The van der Waals surface area contributed by atoms with Crippen LogP contribution in [-0.4, -0.2) is 28.4 Å². The van der Waals surface area contributed by atoms with E-state index >= 15 is 0 Å². The summed E-state index contributed by atoms with van der Waals surface area (Å²) in [7, 11) is -4.34. The standard InChI is InChI=1S/C23H20FN5O2S/c24-20-8-6-19(7-9-20)23(32(25,30)31,22-28-12-3-13-29-22)14-21(17-4-1-10-26-15-17)18-5-2-11-27-16-18/h1-13,15-16,21H,14H2,(H2,25,30,31). The van der Waals surface area contributed by atoms with Gasteiger partial charge in [-0.25, -0.2) is 27.9 Å². The highest BCUT2D eigenvalue weighted by Crippen LogP contribution is 2.44. The number of primary sulfonamides is 1. The average molecular weight is 450 g/mol. The van der Waals surface area contributed by atoms with Gasteiger partial charge < -0.3 is 0 Å². The lowest BCUT2D eigenvalue weighted by atomic mass is 9.81. The average Bonchev–Trinajstić information content (AvgIpc) is 2.82. The van der Waals surface area contributed by atoms with Gasteiger partial charge in [-0.15, -0.1) is 0 Å². The molecule has 7 nitrogen and oxygen atoms in total. The van der Waals surface area contributed by atoms with Gasteiger partial charge in [0, 0.05) is 43.1 Å². The Hall–Kier alpha value is -3.56. The molecule has 4 rings (SSSR count). The summed E-state index contributed by atoms with van der Waals surface area (Å²) in [4.78, 5) is 16.9. The van der Waals surface area contributed by atoms with Crippen molar-refractivity contribution in [2.24, 2.45) is 5.14 Å². The Kier molecular flexibility index (Phi) is 6.02. The Morgan fingerprint density at radius 3 is 1.88 bits per heavy atom. The van der Waals surface area contributed by atoms with E-state index in [0.717, 1.165) is 11.1 Å². The van der Waals surface area contributed by atoms with Crippen molar-refractivity contribution < 1.29 is 12.8 Å². The van der Waals surface area contributed by atoms with Gasteiger partial charge in [-0.2, -0.15) is 0 Å². The zero-order valence-electron chi connectivity index (χ0n) is 16.9. The van der Waals surface area contributed by atoms with E-state index in [1.807, 2.05) is 12.1 Å². The van der Waals surface area contributed by atoms with Crippen LogP contribution in [0, 0.1) is 5.82 Å². The summed E-state index contributed by atoms with van der Waals surface area (Å²) in [5.41, 5.74) is 1.81. The van der Waals surface area contributed by atoms with E-state index in [2.05, 4.69) is 19.9 Å². The number of rotatable bonds is 7. The summed E-state index contributed by atoms with van der Waals surface area (Å²) in [6.45, 7) is 0. The number of benzene rings is 1. The molecule has 3 heterocycles. The second-order valence-electron chi connectivity index (χ2n) is 7.28. The topological polar surface area (TPSA) is 112 Å². The minimum absolute atomic E-state index is 0.00638. The van der Waals surface area contributed by atoms with E-state index in [1.54, 1.807) is 43.0 Å². The summed E-state index contributed by atoms with van der Waals surface area (Å²) < 4.78 is 38.5. The van der Waals surface area contributed by atoms with Crippen LogP contribution in [0.2, 0.25) is 0 Å². The molecule has 0 spiro atoms. The molecule has 3 aromatic heterocycles. The van der Waals surface area contributed by atoms with E-state index in [1.165, 1.54) is 36.7 Å². The first-order valence-electron chi connectivity index (χ1n) is 9.77. The van der Waals surface area contributed by atoms with Gasteiger partial charge in [-0.05, 0) is 53.4 Å². The molecule has 0 aliphatic heterocycles. The molecule has 4 aromatic rings. The molecular formula is C23H20FN5O2S. The zero-order chi connectivity index (χ0) is 22.6. The van der Waals surface area contributed by atoms with Crippen molar-refractivity contribution >= 4 is 10.0 Å². The number of hydrogen-bond donors (Lipinski definition) is 1. The lowest BCUT2D eigenvalue weighted by molar-refractivity contribution is 0.500. The molecule has 9 heteroatoms. The SMILES string of the molecule is NS(=O)(=O)C(CC(c1cccnc1)c1cccnc1)(c1ccc(F)cc1)c1ncccn1. The minimum atomic E-state index is -4.34. The molecule has 0 aliphatic rings. The second kappa shape index (κ2) is 8.89. The lowest BCUT2D eigenvalue weighted by Crippen LogP contribution is -2.44. The number of nitrogens with two attached hydrogens (primary N) is 1. The van der Waals surface area contributed by atoms with E-state index in [4.69, 9.17) is 5.14 Å². The molecule has 1 aromatic carbocycles. The van der Waals surface area contributed by atoms with E-state index < -0.39 is 26.5 Å². The molecular weight excluding hydrogens is 429 g/mol. The number of sulfonamides is 1. The van der Waals surface area contributed by atoms with Crippen LogP contribution in [0.4, 0.5) is 4.39 Å². The first-order valence-corrected chi connectivity index (χ1v) is 11.3. The van der Waals surface area contributed by atoms with Crippen LogP contribution in [0.25, 0.3) is 0 Å². The molecule has 162 valence electrons.